The van der Waals surface area contributed by atoms with Gasteiger partial charge in [0.15, 0.2) is 5.76 Å². The van der Waals surface area contributed by atoms with Crippen LogP contribution in [0.2, 0.25) is 0 Å². The minimum atomic E-state index is -0.906. The van der Waals surface area contributed by atoms with Crippen molar-refractivity contribution in [3.8, 4) is 11.9 Å². The maximum absolute atomic E-state index is 11.1. The summed E-state index contributed by atoms with van der Waals surface area (Å²) in [5.41, 5.74) is 8.48. The maximum Gasteiger partial charge on any atom is 0.314 e. The molecule has 3 aromatic rings. The zero-order chi connectivity index (χ0) is 37.7. The van der Waals surface area contributed by atoms with Crippen LogP contribution in [0.4, 0.5) is 10.9 Å². The van der Waals surface area contributed by atoms with Crippen LogP contribution in [0.5, 0.6) is 5.88 Å². The molecule has 3 N–H and O–H groups in total. The van der Waals surface area contributed by atoms with Crippen molar-refractivity contribution >= 4 is 34.0 Å². The van der Waals surface area contributed by atoms with Gasteiger partial charge in [0.1, 0.15) is 28.5 Å². The molecular formula is C38H55N7O5S. The lowest BCUT2D eigenvalue weighted by molar-refractivity contribution is -0.140. The number of allylic oxidation sites excluding steroid dienone is 1. The van der Waals surface area contributed by atoms with Gasteiger partial charge in [0, 0.05) is 29.7 Å². The van der Waals surface area contributed by atoms with E-state index in [0.717, 1.165) is 74.0 Å². The molecule has 12 nitrogen and oxygen atoms in total. The van der Waals surface area contributed by atoms with Gasteiger partial charge in [-0.1, -0.05) is 59.2 Å². The van der Waals surface area contributed by atoms with Gasteiger partial charge in [-0.2, -0.15) is 5.26 Å². The van der Waals surface area contributed by atoms with Crippen molar-refractivity contribution in [1.29, 1.82) is 5.26 Å². The number of unbranched alkanes of at least 4 members (excludes halogenated alkanes) is 2. The van der Waals surface area contributed by atoms with E-state index in [4.69, 9.17) is 29.9 Å². The first-order chi connectivity index (χ1) is 24.3. The second-order valence-electron chi connectivity index (χ2n) is 13.5. The van der Waals surface area contributed by atoms with Gasteiger partial charge in [-0.05, 0) is 82.0 Å². The van der Waals surface area contributed by atoms with Crippen molar-refractivity contribution in [2.45, 2.75) is 124 Å². The van der Waals surface area contributed by atoms with Gasteiger partial charge in [-0.3, -0.25) is 4.79 Å². The Labute approximate surface area is 306 Å². The van der Waals surface area contributed by atoms with E-state index in [9.17, 15) is 10.1 Å². The van der Waals surface area contributed by atoms with E-state index in [2.05, 4.69) is 67.5 Å². The molecule has 0 spiro atoms. The van der Waals surface area contributed by atoms with Crippen molar-refractivity contribution in [3.05, 3.63) is 58.1 Å². The van der Waals surface area contributed by atoms with Gasteiger partial charge in [0.05, 0.1) is 23.3 Å². The van der Waals surface area contributed by atoms with Gasteiger partial charge in [-0.25, -0.2) is 9.97 Å². The van der Waals surface area contributed by atoms with E-state index < -0.39 is 17.3 Å². The zero-order valence-electron chi connectivity index (χ0n) is 31.5. The molecule has 0 aromatic carbocycles. The molecule has 1 aliphatic rings. The topological polar surface area (TPSA) is 173 Å². The van der Waals surface area contributed by atoms with Crippen molar-refractivity contribution in [2.24, 2.45) is 11.1 Å². The third-order valence-electron chi connectivity index (χ3n) is 9.30. The van der Waals surface area contributed by atoms with Crippen LogP contribution < -0.4 is 15.4 Å². The lowest BCUT2D eigenvalue weighted by Crippen LogP contribution is -2.35. The van der Waals surface area contributed by atoms with Crippen LogP contribution in [-0.4, -0.2) is 51.1 Å². The molecule has 3 atom stereocenters. The molecule has 1 aliphatic carbocycles. The maximum atomic E-state index is 11.1. The first-order valence-corrected chi connectivity index (χ1v) is 18.8. The molecule has 0 bridgehead atoms. The molecule has 278 valence electrons. The number of nitrogen functional groups attached to an aromatic ring is 1. The highest BCUT2D eigenvalue weighted by molar-refractivity contribution is 7.16. The SMILES string of the molecule is C=C(O/N=C(\C)c1ccnc(N(CCCC)[C@@H](C)CC)n1)[C@@]1(C)CCCc2sc(N)c(C#N)c21.CCCCOc1cc(C(C(=O)O)C(C)C)on1. The van der Waals surface area contributed by atoms with Crippen LogP contribution in [0.25, 0.3) is 0 Å². The normalized spacial score (nSPS) is 16.7. The van der Waals surface area contributed by atoms with Crippen molar-refractivity contribution < 1.29 is 24.0 Å². The summed E-state index contributed by atoms with van der Waals surface area (Å²) in [5, 5.41) is 27.4. The summed E-state index contributed by atoms with van der Waals surface area (Å²) in [5.74, 6) is 0.302. The third-order valence-corrected chi connectivity index (χ3v) is 10.4. The second-order valence-corrected chi connectivity index (χ2v) is 14.6. The molecule has 13 heteroatoms. The van der Waals surface area contributed by atoms with E-state index in [1.54, 1.807) is 12.3 Å². The van der Waals surface area contributed by atoms with Crippen molar-refractivity contribution in [3.63, 3.8) is 0 Å². The molecule has 51 heavy (non-hydrogen) atoms. The quantitative estimate of drug-likeness (QED) is 0.0591. The van der Waals surface area contributed by atoms with Crippen LogP contribution in [0.15, 0.2) is 40.3 Å². The smallest absolute Gasteiger partial charge is 0.314 e. The molecule has 0 radical (unpaired) electrons. The molecule has 0 fully saturated rings. The number of hydrogen-bond donors (Lipinski definition) is 2. The van der Waals surface area contributed by atoms with Crippen LogP contribution in [-0.2, 0) is 21.5 Å². The minimum Gasteiger partial charge on any atom is -0.481 e. The Hall–Kier alpha value is -4.44. The summed E-state index contributed by atoms with van der Waals surface area (Å²) < 4.78 is 10.4. The van der Waals surface area contributed by atoms with E-state index in [1.165, 1.54) is 11.3 Å². The van der Waals surface area contributed by atoms with Gasteiger partial charge < -0.3 is 29.8 Å². The summed E-state index contributed by atoms with van der Waals surface area (Å²) in [4.78, 5) is 29.7. The van der Waals surface area contributed by atoms with Crippen molar-refractivity contribution in [1.82, 2.24) is 15.1 Å². The molecule has 0 saturated carbocycles. The number of aliphatic carboxylic acids is 1. The number of nitriles is 1. The minimum absolute atomic E-state index is 0.0519. The van der Waals surface area contributed by atoms with Gasteiger partial charge in [0.25, 0.3) is 5.88 Å². The monoisotopic (exact) mass is 721 g/mol. The van der Waals surface area contributed by atoms with Crippen LogP contribution in [0.1, 0.15) is 134 Å². The number of nitrogens with zero attached hydrogens (tertiary/aromatic N) is 6. The number of carboxylic acids is 1. The number of thiophene rings is 1. The van der Waals surface area contributed by atoms with Crippen LogP contribution in [0.3, 0.4) is 0 Å². The standard InChI is InChI=1S/C26H36N6OS.C12H19NO4/c1-7-9-15-32(17(3)8-2)25-29-14-12-21(30-25)18(4)31-33-19(5)26(6)13-10-11-22-23(26)20(16-27)24(28)34-22;1-4-5-6-16-10-7-9(17-13-10)11(8(2)3)12(14)15/h12,14,17H,5,7-11,13,15,28H2,1-4,6H3;7-8,11H,4-6H2,1-3H3,(H,14,15)/b31-18+;/t17-,26+;/m0./s1. The van der Waals surface area contributed by atoms with Crippen molar-refractivity contribution in [2.75, 3.05) is 23.8 Å². The number of ether oxygens (including phenoxy) is 1. The molecule has 4 rings (SSSR count). The molecule has 0 amide bonds. The Balaban J connectivity index is 0.000000347. The number of anilines is 2. The Morgan fingerprint density at radius 3 is 2.63 bits per heavy atom. The number of rotatable bonds is 17. The lowest BCUT2D eigenvalue weighted by atomic mass is 9.71. The highest BCUT2D eigenvalue weighted by Crippen LogP contribution is 2.49. The zero-order valence-corrected chi connectivity index (χ0v) is 32.3. The summed E-state index contributed by atoms with van der Waals surface area (Å²) >= 11 is 1.50. The highest BCUT2D eigenvalue weighted by atomic mass is 32.1. The Morgan fingerprint density at radius 2 is 2.00 bits per heavy atom. The van der Waals surface area contributed by atoms with Gasteiger partial charge in [-0.15, -0.1) is 11.3 Å². The average Bonchev–Trinajstić information content (AvgIpc) is 3.70. The molecule has 0 aliphatic heterocycles. The number of hydrogen-bond acceptors (Lipinski definition) is 12. The largest absolute Gasteiger partial charge is 0.481 e. The fourth-order valence-electron chi connectivity index (χ4n) is 5.94. The molecular weight excluding hydrogens is 667 g/mol. The number of nitrogens with two attached hydrogens (primary N) is 1. The van der Waals surface area contributed by atoms with E-state index in [-0.39, 0.29) is 5.92 Å². The summed E-state index contributed by atoms with van der Waals surface area (Å²) in [6.07, 6.45) is 9.71. The number of carboxylic acid groups (broad SMARTS) is 1. The predicted molar refractivity (Wildman–Crippen MR) is 202 cm³/mol. The van der Waals surface area contributed by atoms with Gasteiger partial charge >= 0.3 is 5.97 Å². The molecule has 1 unspecified atom stereocenters. The fourth-order valence-corrected chi connectivity index (χ4v) is 7.13. The Bertz CT molecular complexity index is 1680. The van der Waals surface area contributed by atoms with Crippen LogP contribution >= 0.6 is 11.3 Å². The number of aryl methyl sites for hydroxylation is 1. The molecule has 3 aromatic heterocycles. The summed E-state index contributed by atoms with van der Waals surface area (Å²) in [7, 11) is 0. The second kappa shape index (κ2) is 19.2. The van der Waals surface area contributed by atoms with E-state index in [1.807, 2.05) is 26.8 Å². The fraction of sp³-hybridized carbons (Fsp3) is 0.579. The Kier molecular flexibility index (Phi) is 15.5. The van der Waals surface area contributed by atoms with E-state index in [0.29, 0.717) is 52.3 Å². The number of oxime groups is 1. The summed E-state index contributed by atoms with van der Waals surface area (Å²) in [6, 6.07) is 6.04. The number of aromatic nitrogens is 3. The average molecular weight is 722 g/mol. The first kappa shape index (κ1) is 41.0. The lowest BCUT2D eigenvalue weighted by Gasteiger charge is -2.34. The highest BCUT2D eigenvalue weighted by Gasteiger charge is 2.41. The first-order valence-electron chi connectivity index (χ1n) is 18.0. The summed E-state index contributed by atoms with van der Waals surface area (Å²) in [6.45, 7) is 21.9. The molecule has 0 saturated heterocycles. The number of carbonyl (C=O) groups is 1. The third kappa shape index (κ3) is 10.3. The Morgan fingerprint density at radius 1 is 1.27 bits per heavy atom. The predicted octanol–water partition coefficient (Wildman–Crippen LogP) is 8.62. The number of fused-ring (bicyclic) bond motifs is 1. The van der Waals surface area contributed by atoms with Gasteiger partial charge in [0.2, 0.25) is 5.95 Å². The van der Waals surface area contributed by atoms with Crippen LogP contribution in [0, 0.1) is 17.2 Å². The molecule has 3 heterocycles. The van der Waals surface area contributed by atoms with E-state index >= 15 is 0 Å².